The molecule has 1 aliphatic rings. The van der Waals surface area contributed by atoms with E-state index >= 15 is 0 Å². The largest absolute Gasteiger partial charge is 0.497 e. The van der Waals surface area contributed by atoms with Gasteiger partial charge in [-0.15, -0.1) is 11.3 Å². The van der Waals surface area contributed by atoms with Crippen molar-refractivity contribution in [3.05, 3.63) is 64.7 Å². The van der Waals surface area contributed by atoms with Gasteiger partial charge in [-0.05, 0) is 67.7 Å². The second kappa shape index (κ2) is 14.5. The van der Waals surface area contributed by atoms with E-state index in [1.54, 1.807) is 7.11 Å². The SMILES string of the molecule is COc1ccc(-c2nc(C3CCN(Cc4cccs4)CC3)cc3c2ncn3C)cc1.O=C(O)C(F)(F)F.O=C(O)C(F)(F)F. The Hall–Kier alpha value is -4.18. The van der Waals surface area contributed by atoms with Gasteiger partial charge in [0.25, 0.3) is 0 Å². The molecule has 4 heterocycles. The molecule has 0 saturated carbocycles. The summed E-state index contributed by atoms with van der Waals surface area (Å²) in [6.45, 7) is 3.30. The maximum Gasteiger partial charge on any atom is 0.490 e. The maximum absolute atomic E-state index is 10.6. The smallest absolute Gasteiger partial charge is 0.490 e. The quantitative estimate of drug-likeness (QED) is 0.241. The van der Waals surface area contributed by atoms with Crippen LogP contribution < -0.4 is 4.74 Å². The molecule has 0 spiro atoms. The van der Waals surface area contributed by atoms with Crippen molar-refractivity contribution in [2.45, 2.75) is 37.7 Å². The molecule has 2 N–H and O–H groups in total. The van der Waals surface area contributed by atoms with Crippen LogP contribution in [0.5, 0.6) is 5.75 Å². The molecule has 0 amide bonds. The van der Waals surface area contributed by atoms with Gasteiger partial charge in [0.1, 0.15) is 11.3 Å². The Labute approximate surface area is 251 Å². The lowest BCUT2D eigenvalue weighted by Gasteiger charge is -2.31. The third-order valence-corrected chi connectivity index (χ3v) is 7.41. The molecule has 5 rings (SSSR count). The van der Waals surface area contributed by atoms with Gasteiger partial charge >= 0.3 is 24.3 Å². The van der Waals surface area contributed by atoms with E-state index in [1.807, 2.05) is 29.8 Å². The first kappa shape index (κ1) is 34.3. The standard InChI is InChI=1S/C24H26N4OS.2C2HF3O2/c1-27-16-25-24-22(27)14-21(26-23(24)18-5-7-19(29-2)8-6-18)17-9-11-28(12-10-17)15-20-4-3-13-30-20;2*3-2(4,5)1(6)7/h3-8,13-14,16-17H,9-12,15H2,1-2H3;2*(H,6,7). The molecule has 1 fully saturated rings. The number of hydrogen-bond donors (Lipinski definition) is 2. The number of aliphatic carboxylic acids is 2. The molecule has 3 aromatic heterocycles. The molecule has 0 unspecified atom stereocenters. The number of aryl methyl sites for hydroxylation is 1. The van der Waals surface area contributed by atoms with E-state index in [2.05, 4.69) is 57.2 Å². The van der Waals surface area contributed by atoms with Gasteiger partial charge < -0.3 is 19.5 Å². The molecule has 238 valence electrons. The van der Waals surface area contributed by atoms with Crippen LogP contribution in [0.15, 0.2) is 54.2 Å². The lowest BCUT2D eigenvalue weighted by Crippen LogP contribution is -2.32. The van der Waals surface area contributed by atoms with Crippen LogP contribution in [0.2, 0.25) is 0 Å². The number of carbonyl (C=O) groups is 2. The third kappa shape index (κ3) is 9.41. The van der Waals surface area contributed by atoms with Gasteiger partial charge in [0, 0.05) is 35.6 Å². The number of carboxylic acids is 2. The summed E-state index contributed by atoms with van der Waals surface area (Å²) in [5.74, 6) is -4.17. The summed E-state index contributed by atoms with van der Waals surface area (Å²) in [7, 11) is 3.75. The van der Waals surface area contributed by atoms with Gasteiger partial charge in [0.2, 0.25) is 0 Å². The summed E-state index contributed by atoms with van der Waals surface area (Å²) in [6, 6.07) is 14.7. The topological polar surface area (TPSA) is 118 Å². The van der Waals surface area contributed by atoms with Gasteiger partial charge in [-0.1, -0.05) is 6.07 Å². The lowest BCUT2D eigenvalue weighted by atomic mass is 9.92. The number of aromatic nitrogens is 3. The van der Waals surface area contributed by atoms with Gasteiger partial charge in [0.05, 0.1) is 24.6 Å². The highest BCUT2D eigenvalue weighted by molar-refractivity contribution is 7.09. The summed E-state index contributed by atoms with van der Waals surface area (Å²) < 4.78 is 70.9. The summed E-state index contributed by atoms with van der Waals surface area (Å²) in [6.07, 6.45) is -6.00. The molecule has 0 aliphatic carbocycles. The van der Waals surface area contributed by atoms with Crippen LogP contribution in [0.1, 0.15) is 29.3 Å². The van der Waals surface area contributed by atoms with Gasteiger partial charge in [-0.2, -0.15) is 26.3 Å². The molecule has 9 nitrogen and oxygen atoms in total. The zero-order chi connectivity index (χ0) is 32.7. The first-order valence-electron chi connectivity index (χ1n) is 12.9. The number of pyridine rings is 1. The molecule has 16 heteroatoms. The van der Waals surface area contributed by atoms with Crippen molar-refractivity contribution < 1.29 is 50.9 Å². The highest BCUT2D eigenvalue weighted by atomic mass is 32.1. The second-order valence-electron chi connectivity index (χ2n) is 9.58. The summed E-state index contributed by atoms with van der Waals surface area (Å²) in [5, 5.41) is 16.4. The van der Waals surface area contributed by atoms with Crippen LogP contribution in [-0.4, -0.2) is 74.1 Å². The molecular formula is C28H28F6N4O5S. The molecule has 0 atom stereocenters. The molecule has 1 saturated heterocycles. The Bertz CT molecular complexity index is 1510. The normalized spacial score (nSPS) is 14.3. The Morgan fingerprint density at radius 3 is 2.05 bits per heavy atom. The summed E-state index contributed by atoms with van der Waals surface area (Å²) in [5.41, 5.74) is 5.34. The van der Waals surface area contributed by atoms with E-state index in [0.29, 0.717) is 5.92 Å². The minimum Gasteiger partial charge on any atom is -0.497 e. The number of nitrogens with zero attached hydrogens (tertiary/aromatic N) is 4. The molecule has 4 aromatic rings. The Morgan fingerprint density at radius 2 is 1.57 bits per heavy atom. The van der Waals surface area contributed by atoms with Crippen LogP contribution in [0.4, 0.5) is 26.3 Å². The number of imidazole rings is 1. The van der Waals surface area contributed by atoms with E-state index < -0.39 is 24.3 Å². The first-order valence-corrected chi connectivity index (χ1v) is 13.8. The first-order chi connectivity index (χ1) is 20.6. The number of fused-ring (bicyclic) bond motifs is 1. The third-order valence-electron chi connectivity index (χ3n) is 6.55. The van der Waals surface area contributed by atoms with E-state index in [4.69, 9.17) is 29.5 Å². The van der Waals surface area contributed by atoms with E-state index in [9.17, 15) is 26.3 Å². The molecule has 0 radical (unpaired) electrons. The van der Waals surface area contributed by atoms with Gasteiger partial charge in [0.15, 0.2) is 0 Å². The number of ether oxygens (including phenoxy) is 1. The Kier molecular flexibility index (Phi) is 11.3. The van der Waals surface area contributed by atoms with Crippen molar-refractivity contribution in [1.82, 2.24) is 19.4 Å². The fourth-order valence-corrected chi connectivity index (χ4v) is 5.06. The fraction of sp³-hybridized carbons (Fsp3) is 0.357. The average Bonchev–Trinajstić information content (AvgIpc) is 3.62. The van der Waals surface area contributed by atoms with Crippen molar-refractivity contribution in [3.63, 3.8) is 0 Å². The number of halogens is 6. The number of benzene rings is 1. The van der Waals surface area contributed by atoms with Crippen molar-refractivity contribution in [1.29, 1.82) is 0 Å². The van der Waals surface area contributed by atoms with Crippen LogP contribution in [0.3, 0.4) is 0 Å². The monoisotopic (exact) mass is 646 g/mol. The number of thiophene rings is 1. The number of hydrogen-bond acceptors (Lipinski definition) is 7. The zero-order valence-electron chi connectivity index (χ0n) is 23.4. The van der Waals surface area contributed by atoms with Crippen LogP contribution >= 0.6 is 11.3 Å². The zero-order valence-corrected chi connectivity index (χ0v) is 24.2. The van der Waals surface area contributed by atoms with Gasteiger partial charge in [-0.3, -0.25) is 9.88 Å². The number of carboxylic acid groups (broad SMARTS) is 2. The number of methoxy groups -OCH3 is 1. The van der Waals surface area contributed by atoms with E-state index in [0.717, 1.165) is 60.5 Å². The summed E-state index contributed by atoms with van der Waals surface area (Å²) >= 11 is 1.85. The number of alkyl halides is 6. The molecule has 44 heavy (non-hydrogen) atoms. The lowest BCUT2D eigenvalue weighted by molar-refractivity contribution is -0.193. The van der Waals surface area contributed by atoms with E-state index in [1.165, 1.54) is 10.6 Å². The van der Waals surface area contributed by atoms with Crippen LogP contribution in [0, 0.1) is 0 Å². The van der Waals surface area contributed by atoms with Crippen molar-refractivity contribution >= 4 is 34.3 Å². The fourth-order valence-electron chi connectivity index (χ4n) is 4.32. The predicted octanol–water partition coefficient (Wildman–Crippen LogP) is 6.35. The average molecular weight is 647 g/mol. The Morgan fingerprint density at radius 1 is 1.00 bits per heavy atom. The van der Waals surface area contributed by atoms with Gasteiger partial charge in [-0.25, -0.2) is 14.6 Å². The molecule has 1 aromatic carbocycles. The van der Waals surface area contributed by atoms with E-state index in [-0.39, 0.29) is 0 Å². The van der Waals surface area contributed by atoms with Crippen LogP contribution in [-0.2, 0) is 23.2 Å². The molecule has 1 aliphatic heterocycles. The number of rotatable bonds is 5. The summed E-state index contributed by atoms with van der Waals surface area (Å²) in [4.78, 5) is 31.6. The highest BCUT2D eigenvalue weighted by Crippen LogP contribution is 2.34. The minimum absolute atomic E-state index is 0.487. The molecular weight excluding hydrogens is 618 g/mol. The predicted molar refractivity (Wildman–Crippen MR) is 149 cm³/mol. The second-order valence-corrected chi connectivity index (χ2v) is 10.6. The number of likely N-dealkylation sites (tertiary alicyclic amines) is 1. The van der Waals surface area contributed by atoms with Crippen molar-refractivity contribution in [2.24, 2.45) is 7.05 Å². The Balaban J connectivity index is 0.000000317. The molecule has 0 bridgehead atoms. The minimum atomic E-state index is -5.08. The van der Waals surface area contributed by atoms with Crippen molar-refractivity contribution in [2.75, 3.05) is 20.2 Å². The number of piperidine rings is 1. The maximum atomic E-state index is 10.6. The highest BCUT2D eigenvalue weighted by Gasteiger charge is 2.38. The van der Waals surface area contributed by atoms with Crippen LogP contribution in [0.25, 0.3) is 22.3 Å². The van der Waals surface area contributed by atoms with Crippen molar-refractivity contribution in [3.8, 4) is 17.0 Å².